The number of aryl methyl sites for hydroxylation is 1. The summed E-state index contributed by atoms with van der Waals surface area (Å²) in [5, 5.41) is 14.1. The number of hydrogen-bond donors (Lipinski definition) is 1. The topological polar surface area (TPSA) is 64.1 Å². The van der Waals surface area contributed by atoms with Crippen molar-refractivity contribution in [3.8, 4) is 11.5 Å². The monoisotopic (exact) mass is 321 g/mol. The molecule has 0 unspecified atom stereocenters. The molecule has 0 aromatic carbocycles. The molecule has 0 saturated carbocycles. The number of thioether (sulfide) groups is 1. The Labute approximate surface area is 130 Å². The smallest absolute Gasteiger partial charge is 0.227 e. The minimum absolute atomic E-state index is 0.00461. The third-order valence-corrected chi connectivity index (χ3v) is 4.94. The summed E-state index contributed by atoms with van der Waals surface area (Å²) in [6, 6.07) is 2.00. The lowest BCUT2D eigenvalue weighted by atomic mass is 10.3. The second-order valence-corrected chi connectivity index (χ2v) is 6.29. The van der Waals surface area contributed by atoms with Gasteiger partial charge >= 0.3 is 0 Å². The van der Waals surface area contributed by atoms with E-state index < -0.39 is 0 Å². The Hall–Kier alpha value is -1.57. The SMILES string of the molecule is Cc1oc(-c2ccsc2)nc1CSc1ncc(CO)n1C. The largest absolute Gasteiger partial charge is 0.441 e. The molecular formula is C14H15N3O2S2. The highest BCUT2D eigenvalue weighted by Crippen LogP contribution is 2.28. The second-order valence-electron chi connectivity index (χ2n) is 4.57. The van der Waals surface area contributed by atoms with Crippen LogP contribution in [0.3, 0.4) is 0 Å². The van der Waals surface area contributed by atoms with Gasteiger partial charge < -0.3 is 14.1 Å². The molecule has 0 fully saturated rings. The Bertz CT molecular complexity index is 732. The van der Waals surface area contributed by atoms with E-state index in [1.54, 1.807) is 29.3 Å². The number of nitrogens with zero attached hydrogens (tertiary/aromatic N) is 3. The van der Waals surface area contributed by atoms with E-state index in [0.717, 1.165) is 27.9 Å². The molecule has 0 saturated heterocycles. The van der Waals surface area contributed by atoms with Crippen molar-refractivity contribution < 1.29 is 9.52 Å². The van der Waals surface area contributed by atoms with Crippen LogP contribution in [0.1, 0.15) is 17.1 Å². The zero-order valence-corrected chi connectivity index (χ0v) is 13.4. The minimum atomic E-state index is -0.00461. The number of imidazole rings is 1. The van der Waals surface area contributed by atoms with E-state index in [1.165, 1.54) is 0 Å². The van der Waals surface area contributed by atoms with Crippen molar-refractivity contribution in [1.29, 1.82) is 0 Å². The summed E-state index contributed by atoms with van der Waals surface area (Å²) in [4.78, 5) is 8.85. The number of thiophene rings is 1. The van der Waals surface area contributed by atoms with Gasteiger partial charge in [0, 0.05) is 23.7 Å². The summed E-state index contributed by atoms with van der Waals surface area (Å²) < 4.78 is 7.61. The van der Waals surface area contributed by atoms with E-state index >= 15 is 0 Å². The Morgan fingerprint density at radius 1 is 1.48 bits per heavy atom. The lowest BCUT2D eigenvalue weighted by Gasteiger charge is -2.02. The molecule has 7 heteroatoms. The number of aliphatic hydroxyl groups excluding tert-OH is 1. The van der Waals surface area contributed by atoms with Gasteiger partial charge in [-0.25, -0.2) is 9.97 Å². The Balaban J connectivity index is 1.75. The van der Waals surface area contributed by atoms with Crippen LogP contribution < -0.4 is 0 Å². The third kappa shape index (κ3) is 2.90. The van der Waals surface area contributed by atoms with Crippen LogP contribution in [-0.4, -0.2) is 19.6 Å². The molecule has 0 spiro atoms. The van der Waals surface area contributed by atoms with Crippen LogP contribution in [0.2, 0.25) is 0 Å². The molecule has 0 amide bonds. The average Bonchev–Trinajstić information content (AvgIpc) is 3.17. The van der Waals surface area contributed by atoms with E-state index in [4.69, 9.17) is 4.42 Å². The predicted molar refractivity (Wildman–Crippen MR) is 83.2 cm³/mol. The summed E-state index contributed by atoms with van der Waals surface area (Å²) in [5.74, 6) is 2.19. The zero-order valence-electron chi connectivity index (χ0n) is 11.7. The highest BCUT2D eigenvalue weighted by atomic mass is 32.2. The number of aromatic nitrogens is 3. The van der Waals surface area contributed by atoms with Crippen LogP contribution in [0.4, 0.5) is 0 Å². The molecule has 0 aliphatic rings. The summed E-state index contributed by atoms with van der Waals surface area (Å²) in [7, 11) is 1.90. The van der Waals surface area contributed by atoms with Gasteiger partial charge in [0.25, 0.3) is 0 Å². The molecule has 3 aromatic rings. The van der Waals surface area contributed by atoms with Crippen LogP contribution >= 0.6 is 23.1 Å². The van der Waals surface area contributed by atoms with E-state index in [2.05, 4.69) is 9.97 Å². The van der Waals surface area contributed by atoms with Crippen molar-refractivity contribution in [3.63, 3.8) is 0 Å². The van der Waals surface area contributed by atoms with Gasteiger partial charge in [-0.3, -0.25) is 0 Å². The lowest BCUT2D eigenvalue weighted by molar-refractivity contribution is 0.271. The molecule has 1 N–H and O–H groups in total. The quantitative estimate of drug-likeness (QED) is 0.731. The molecule has 0 radical (unpaired) electrons. The van der Waals surface area contributed by atoms with E-state index in [-0.39, 0.29) is 6.61 Å². The molecule has 3 heterocycles. The molecular weight excluding hydrogens is 306 g/mol. The first-order valence-electron chi connectivity index (χ1n) is 6.42. The number of oxazole rings is 1. The van der Waals surface area contributed by atoms with Gasteiger partial charge in [-0.05, 0) is 18.4 Å². The molecule has 5 nitrogen and oxygen atoms in total. The van der Waals surface area contributed by atoms with Gasteiger partial charge in [-0.15, -0.1) is 0 Å². The highest BCUT2D eigenvalue weighted by Gasteiger charge is 2.13. The molecule has 0 atom stereocenters. The van der Waals surface area contributed by atoms with Crippen LogP contribution in [0.25, 0.3) is 11.5 Å². The van der Waals surface area contributed by atoms with Gasteiger partial charge in [0.1, 0.15) is 5.76 Å². The molecule has 0 aliphatic heterocycles. The number of rotatable bonds is 5. The highest BCUT2D eigenvalue weighted by molar-refractivity contribution is 7.98. The fourth-order valence-corrected chi connectivity index (χ4v) is 3.51. The van der Waals surface area contributed by atoms with Crippen LogP contribution in [0, 0.1) is 6.92 Å². The van der Waals surface area contributed by atoms with Crippen molar-refractivity contribution >= 4 is 23.1 Å². The van der Waals surface area contributed by atoms with E-state index in [1.807, 2.05) is 35.4 Å². The van der Waals surface area contributed by atoms with Crippen molar-refractivity contribution in [1.82, 2.24) is 14.5 Å². The molecule has 3 aromatic heterocycles. The zero-order chi connectivity index (χ0) is 14.8. The van der Waals surface area contributed by atoms with Crippen LogP contribution in [-0.2, 0) is 19.4 Å². The summed E-state index contributed by atoms with van der Waals surface area (Å²) in [6.45, 7) is 1.92. The molecule has 21 heavy (non-hydrogen) atoms. The third-order valence-electron chi connectivity index (χ3n) is 3.20. The lowest BCUT2D eigenvalue weighted by Crippen LogP contribution is -1.97. The van der Waals surface area contributed by atoms with Crippen LogP contribution in [0.5, 0.6) is 0 Å². The van der Waals surface area contributed by atoms with Gasteiger partial charge in [0.2, 0.25) is 5.89 Å². The maximum Gasteiger partial charge on any atom is 0.227 e. The van der Waals surface area contributed by atoms with Gasteiger partial charge in [-0.1, -0.05) is 11.8 Å². The Morgan fingerprint density at radius 3 is 3.00 bits per heavy atom. The normalized spacial score (nSPS) is 11.2. The summed E-state index contributed by atoms with van der Waals surface area (Å²) >= 11 is 3.21. The molecule has 110 valence electrons. The first-order chi connectivity index (χ1) is 10.2. The summed E-state index contributed by atoms with van der Waals surface area (Å²) in [6.07, 6.45) is 1.69. The molecule has 0 aliphatic carbocycles. The van der Waals surface area contributed by atoms with Gasteiger partial charge in [0.15, 0.2) is 5.16 Å². The molecule has 0 bridgehead atoms. The summed E-state index contributed by atoms with van der Waals surface area (Å²) in [5.41, 5.74) is 2.74. The van der Waals surface area contributed by atoms with Gasteiger partial charge in [0.05, 0.1) is 24.2 Å². The van der Waals surface area contributed by atoms with Crippen LogP contribution in [0.15, 0.2) is 32.6 Å². The first-order valence-corrected chi connectivity index (χ1v) is 8.35. The maximum absolute atomic E-state index is 9.17. The Morgan fingerprint density at radius 2 is 2.33 bits per heavy atom. The van der Waals surface area contributed by atoms with Crippen molar-refractivity contribution in [2.45, 2.75) is 24.4 Å². The average molecular weight is 321 g/mol. The van der Waals surface area contributed by atoms with E-state index in [9.17, 15) is 5.11 Å². The Kier molecular flexibility index (Phi) is 4.14. The maximum atomic E-state index is 9.17. The number of aliphatic hydroxyl groups is 1. The predicted octanol–water partition coefficient (Wildman–Crippen LogP) is 3.23. The van der Waals surface area contributed by atoms with Crippen molar-refractivity contribution in [3.05, 3.63) is 40.2 Å². The van der Waals surface area contributed by atoms with Crippen molar-refractivity contribution in [2.24, 2.45) is 7.05 Å². The number of hydrogen-bond acceptors (Lipinski definition) is 6. The second kappa shape index (κ2) is 6.05. The van der Waals surface area contributed by atoms with Crippen molar-refractivity contribution in [2.75, 3.05) is 0 Å². The standard InChI is InChI=1S/C14H15N3O2S2/c1-9-12(16-13(19-9)10-3-4-20-7-10)8-21-14-15-5-11(6-18)17(14)2/h3-5,7,18H,6,8H2,1-2H3. The fourth-order valence-electron chi connectivity index (χ4n) is 1.91. The van der Waals surface area contributed by atoms with E-state index in [0.29, 0.717) is 11.6 Å². The molecule has 3 rings (SSSR count). The first kappa shape index (κ1) is 14.4. The fraction of sp³-hybridized carbons (Fsp3) is 0.286. The van der Waals surface area contributed by atoms with Gasteiger partial charge in [-0.2, -0.15) is 11.3 Å². The minimum Gasteiger partial charge on any atom is -0.441 e.